The van der Waals surface area contributed by atoms with Crippen LogP contribution in [0.4, 0.5) is 0 Å². The van der Waals surface area contributed by atoms with Gasteiger partial charge in [-0.2, -0.15) is 0 Å². The van der Waals surface area contributed by atoms with E-state index in [0.717, 1.165) is 36.8 Å². The summed E-state index contributed by atoms with van der Waals surface area (Å²) in [7, 11) is 0. The predicted octanol–water partition coefficient (Wildman–Crippen LogP) is 2.90. The molecule has 2 unspecified atom stereocenters. The highest BCUT2D eigenvalue weighted by Crippen LogP contribution is 2.29. The summed E-state index contributed by atoms with van der Waals surface area (Å²) >= 11 is 6.08. The first-order valence-corrected chi connectivity index (χ1v) is 6.55. The van der Waals surface area contributed by atoms with Crippen molar-refractivity contribution in [1.29, 1.82) is 0 Å². The summed E-state index contributed by atoms with van der Waals surface area (Å²) in [5, 5.41) is 4.11. The molecule has 1 saturated carbocycles. The van der Waals surface area contributed by atoms with Crippen molar-refractivity contribution in [3.8, 4) is 0 Å². The lowest BCUT2D eigenvalue weighted by molar-refractivity contribution is 0.642. The van der Waals surface area contributed by atoms with Gasteiger partial charge in [-0.3, -0.25) is 0 Å². The van der Waals surface area contributed by atoms with Crippen LogP contribution in [0.25, 0.3) is 0 Å². The van der Waals surface area contributed by atoms with E-state index in [0.29, 0.717) is 11.2 Å². The molecule has 90 valence electrons. The Morgan fingerprint density at radius 3 is 2.94 bits per heavy atom. The fourth-order valence-corrected chi connectivity index (χ4v) is 2.08. The molecule has 3 nitrogen and oxygen atoms in total. The highest BCUT2D eigenvalue weighted by Gasteiger charge is 2.31. The van der Waals surface area contributed by atoms with E-state index in [2.05, 4.69) is 29.1 Å². The fourth-order valence-electron chi connectivity index (χ4n) is 1.86. The molecule has 0 bridgehead atoms. The second-order valence-corrected chi connectivity index (χ2v) is 5.11. The zero-order chi connectivity index (χ0) is 11.5. The second-order valence-electron chi connectivity index (χ2n) is 4.76. The lowest BCUT2D eigenvalue weighted by Gasteiger charge is -2.00. The standard InChI is InChI=1S/C12H20ClN3/c1-3-4-5-11-15-10(12(13)16-11)7-14-9-6-8(9)2/h8-9,14H,3-7H2,1-2H3,(H,15,16). The number of H-pyrrole nitrogens is 1. The first kappa shape index (κ1) is 11.9. The molecule has 0 saturated heterocycles. The number of hydrogen-bond acceptors (Lipinski definition) is 2. The number of aromatic amines is 1. The Kier molecular flexibility index (Phi) is 3.87. The van der Waals surface area contributed by atoms with Gasteiger partial charge >= 0.3 is 0 Å². The molecule has 1 aromatic rings. The van der Waals surface area contributed by atoms with Crippen molar-refractivity contribution in [2.75, 3.05) is 0 Å². The van der Waals surface area contributed by atoms with Crippen molar-refractivity contribution >= 4 is 11.6 Å². The number of nitrogens with one attached hydrogen (secondary N) is 2. The molecule has 1 aromatic heterocycles. The minimum absolute atomic E-state index is 0.631. The Balaban J connectivity index is 1.85. The average molecular weight is 242 g/mol. The van der Waals surface area contributed by atoms with Crippen molar-refractivity contribution in [2.45, 2.75) is 52.1 Å². The second kappa shape index (κ2) is 5.19. The van der Waals surface area contributed by atoms with Crippen LogP contribution < -0.4 is 5.32 Å². The molecular weight excluding hydrogens is 222 g/mol. The fraction of sp³-hybridized carbons (Fsp3) is 0.750. The Hall–Kier alpha value is -0.540. The van der Waals surface area contributed by atoms with Gasteiger partial charge in [-0.15, -0.1) is 0 Å². The van der Waals surface area contributed by atoms with E-state index in [4.69, 9.17) is 11.6 Å². The topological polar surface area (TPSA) is 40.7 Å². The Labute approximate surface area is 102 Å². The minimum atomic E-state index is 0.631. The third-order valence-electron chi connectivity index (χ3n) is 3.19. The van der Waals surface area contributed by atoms with Crippen molar-refractivity contribution in [1.82, 2.24) is 15.3 Å². The number of aromatic nitrogens is 2. The van der Waals surface area contributed by atoms with Crippen molar-refractivity contribution in [2.24, 2.45) is 5.92 Å². The van der Waals surface area contributed by atoms with E-state index >= 15 is 0 Å². The molecule has 1 heterocycles. The minimum Gasteiger partial charge on any atom is -0.344 e. The highest BCUT2D eigenvalue weighted by atomic mass is 35.5. The normalized spacial score (nSPS) is 23.7. The average Bonchev–Trinajstić information content (AvgIpc) is 2.84. The van der Waals surface area contributed by atoms with Crippen LogP contribution in [0.3, 0.4) is 0 Å². The van der Waals surface area contributed by atoms with Crippen LogP contribution in [0.1, 0.15) is 44.6 Å². The zero-order valence-corrected chi connectivity index (χ0v) is 10.8. The number of rotatable bonds is 6. The van der Waals surface area contributed by atoms with Crippen molar-refractivity contribution in [3.05, 3.63) is 16.7 Å². The third-order valence-corrected chi connectivity index (χ3v) is 3.51. The first-order valence-electron chi connectivity index (χ1n) is 6.17. The summed E-state index contributed by atoms with van der Waals surface area (Å²) in [6.07, 6.45) is 4.63. The number of nitrogens with zero attached hydrogens (tertiary/aromatic N) is 1. The maximum atomic E-state index is 6.08. The smallest absolute Gasteiger partial charge is 0.151 e. The summed E-state index contributed by atoms with van der Waals surface area (Å²) < 4.78 is 0. The molecule has 2 atom stereocenters. The lowest BCUT2D eigenvalue weighted by atomic mass is 10.2. The van der Waals surface area contributed by atoms with Gasteiger partial charge in [0.25, 0.3) is 0 Å². The molecule has 2 N–H and O–H groups in total. The van der Waals surface area contributed by atoms with Crippen LogP contribution in [-0.4, -0.2) is 16.0 Å². The SMILES string of the molecule is CCCCc1nc(Cl)c(CNC2CC2C)[nH]1. The quantitative estimate of drug-likeness (QED) is 0.804. The lowest BCUT2D eigenvalue weighted by Crippen LogP contribution is -2.17. The summed E-state index contributed by atoms with van der Waals surface area (Å²) in [6.45, 7) is 5.26. The summed E-state index contributed by atoms with van der Waals surface area (Å²) in [4.78, 5) is 7.64. The van der Waals surface area contributed by atoms with Gasteiger partial charge in [0.2, 0.25) is 0 Å². The summed E-state index contributed by atoms with van der Waals surface area (Å²) in [5.74, 6) is 1.84. The summed E-state index contributed by atoms with van der Waals surface area (Å²) in [6, 6.07) is 0.679. The molecule has 0 spiro atoms. The molecule has 4 heteroatoms. The number of aryl methyl sites for hydroxylation is 1. The van der Waals surface area contributed by atoms with Gasteiger partial charge in [0.05, 0.1) is 5.69 Å². The Morgan fingerprint density at radius 2 is 2.31 bits per heavy atom. The zero-order valence-electron chi connectivity index (χ0n) is 10.0. The molecule has 1 fully saturated rings. The molecule has 2 rings (SSSR count). The number of imidazole rings is 1. The highest BCUT2D eigenvalue weighted by molar-refractivity contribution is 6.30. The van der Waals surface area contributed by atoms with Gasteiger partial charge in [0.1, 0.15) is 5.82 Å². The molecule has 1 aliphatic carbocycles. The molecule has 16 heavy (non-hydrogen) atoms. The molecule has 0 aliphatic heterocycles. The third kappa shape index (κ3) is 2.98. The van der Waals surface area contributed by atoms with Crippen LogP contribution >= 0.6 is 11.6 Å². The van der Waals surface area contributed by atoms with Gasteiger partial charge in [-0.1, -0.05) is 31.9 Å². The number of hydrogen-bond donors (Lipinski definition) is 2. The van der Waals surface area contributed by atoms with Gasteiger partial charge in [0.15, 0.2) is 5.15 Å². The van der Waals surface area contributed by atoms with Crippen LogP contribution in [0, 0.1) is 5.92 Å². The number of halogens is 1. The maximum Gasteiger partial charge on any atom is 0.151 e. The molecular formula is C12H20ClN3. The van der Waals surface area contributed by atoms with Crippen LogP contribution in [0.5, 0.6) is 0 Å². The molecule has 0 aromatic carbocycles. The van der Waals surface area contributed by atoms with Crippen molar-refractivity contribution in [3.63, 3.8) is 0 Å². The Morgan fingerprint density at radius 1 is 1.56 bits per heavy atom. The first-order chi connectivity index (χ1) is 7.70. The van der Waals surface area contributed by atoms with E-state index in [-0.39, 0.29) is 0 Å². The van der Waals surface area contributed by atoms with Crippen LogP contribution in [-0.2, 0) is 13.0 Å². The monoisotopic (exact) mass is 241 g/mol. The largest absolute Gasteiger partial charge is 0.344 e. The number of unbranched alkanes of at least 4 members (excludes halogenated alkanes) is 1. The Bertz CT molecular complexity index is 348. The summed E-state index contributed by atoms with van der Waals surface area (Å²) in [5.41, 5.74) is 1.03. The maximum absolute atomic E-state index is 6.08. The predicted molar refractivity (Wildman–Crippen MR) is 66.6 cm³/mol. The molecule has 0 amide bonds. The van der Waals surface area contributed by atoms with E-state index in [9.17, 15) is 0 Å². The molecule has 1 aliphatic rings. The van der Waals surface area contributed by atoms with Crippen LogP contribution in [0.2, 0.25) is 5.15 Å². The molecule has 0 radical (unpaired) electrons. The van der Waals surface area contributed by atoms with E-state index in [1.807, 2.05) is 0 Å². The van der Waals surface area contributed by atoms with Crippen LogP contribution in [0.15, 0.2) is 0 Å². The van der Waals surface area contributed by atoms with Gasteiger partial charge in [-0.05, 0) is 18.8 Å². The van der Waals surface area contributed by atoms with Gasteiger partial charge in [0, 0.05) is 19.0 Å². The van der Waals surface area contributed by atoms with Gasteiger partial charge < -0.3 is 10.3 Å². The van der Waals surface area contributed by atoms with Crippen molar-refractivity contribution < 1.29 is 0 Å². The van der Waals surface area contributed by atoms with Gasteiger partial charge in [-0.25, -0.2) is 4.98 Å². The van der Waals surface area contributed by atoms with E-state index in [1.54, 1.807) is 0 Å². The van der Waals surface area contributed by atoms with E-state index in [1.165, 1.54) is 12.8 Å². The van der Waals surface area contributed by atoms with E-state index < -0.39 is 0 Å².